The molecule has 0 amide bonds. The number of azide groups is 1. The fourth-order valence-corrected chi connectivity index (χ4v) is 6.84. The Morgan fingerprint density at radius 3 is 2.09 bits per heavy atom. The van der Waals surface area contributed by atoms with Crippen LogP contribution in [0, 0.1) is 0 Å². The third-order valence-corrected chi connectivity index (χ3v) is 9.31. The zero-order chi connectivity index (χ0) is 39.1. The van der Waals surface area contributed by atoms with E-state index in [-0.39, 0.29) is 48.6 Å². The van der Waals surface area contributed by atoms with Crippen LogP contribution in [-0.2, 0) is 35.9 Å². The van der Waals surface area contributed by atoms with Gasteiger partial charge in [-0.25, -0.2) is 4.98 Å². The molecule has 0 saturated carbocycles. The van der Waals surface area contributed by atoms with Gasteiger partial charge in [0.15, 0.2) is 11.2 Å². The highest BCUT2D eigenvalue weighted by Gasteiger charge is 2.42. The van der Waals surface area contributed by atoms with Gasteiger partial charge in [-0.2, -0.15) is 9.97 Å². The minimum absolute atomic E-state index is 0.0919. The van der Waals surface area contributed by atoms with Crippen molar-refractivity contribution in [1.29, 1.82) is 0 Å². The molecule has 1 aliphatic rings. The molecule has 15 heteroatoms. The third kappa shape index (κ3) is 7.80. The summed E-state index contributed by atoms with van der Waals surface area (Å²) in [7, 11) is 1.61. The molecule has 0 unspecified atom stereocenters. The summed E-state index contributed by atoms with van der Waals surface area (Å²) in [4.78, 5) is 41.5. The van der Waals surface area contributed by atoms with Crippen molar-refractivity contribution in [3.63, 3.8) is 0 Å². The van der Waals surface area contributed by atoms with Crippen LogP contribution in [0.25, 0.3) is 21.6 Å². The van der Waals surface area contributed by atoms with Crippen molar-refractivity contribution in [3.8, 4) is 11.6 Å². The second-order valence-corrected chi connectivity index (χ2v) is 12.9. The maximum Gasteiger partial charge on any atom is 0.303 e. The average Bonchev–Trinajstić information content (AvgIpc) is 3.79. The molecule has 6 aromatic rings. The molecule has 1 aliphatic heterocycles. The lowest BCUT2D eigenvalue weighted by molar-refractivity contribution is -0.155. The minimum atomic E-state index is -1.07. The minimum Gasteiger partial charge on any atom is -0.497 e. The predicted molar refractivity (Wildman–Crippen MR) is 205 cm³/mol. The van der Waals surface area contributed by atoms with Crippen LogP contribution in [0.4, 0.5) is 11.9 Å². The van der Waals surface area contributed by atoms with Crippen LogP contribution in [0.15, 0.2) is 120 Å². The molecule has 1 N–H and O–H groups in total. The Bertz CT molecular complexity index is 2310. The normalized spacial score (nSPS) is 16.4. The summed E-state index contributed by atoms with van der Waals surface area (Å²) in [5, 5.41) is 7.59. The van der Waals surface area contributed by atoms with Crippen molar-refractivity contribution in [2.75, 3.05) is 19.0 Å². The quantitative estimate of drug-likeness (QED) is 0.0381. The topological polar surface area (TPSA) is 185 Å². The van der Waals surface area contributed by atoms with Gasteiger partial charge < -0.3 is 29.0 Å². The van der Waals surface area contributed by atoms with Crippen molar-refractivity contribution in [1.82, 2.24) is 19.5 Å². The Morgan fingerprint density at radius 2 is 1.50 bits per heavy atom. The molecule has 1 saturated heterocycles. The number of aromatic nitrogens is 4. The smallest absolute Gasteiger partial charge is 0.303 e. The number of hydrogen-bond donors (Lipinski definition) is 1. The lowest BCUT2D eigenvalue weighted by Crippen LogP contribution is -2.38. The van der Waals surface area contributed by atoms with Gasteiger partial charge in [-0.3, -0.25) is 14.2 Å². The highest BCUT2D eigenvalue weighted by molar-refractivity contribution is 5.81. The summed E-state index contributed by atoms with van der Waals surface area (Å²) in [5.74, 6) is -0.231. The fourth-order valence-electron chi connectivity index (χ4n) is 6.84. The first kappa shape index (κ1) is 37.4. The van der Waals surface area contributed by atoms with Gasteiger partial charge in [0.05, 0.1) is 7.11 Å². The van der Waals surface area contributed by atoms with Crippen LogP contribution < -0.4 is 14.8 Å². The lowest BCUT2D eigenvalue weighted by atomic mass is 9.77. The molecule has 284 valence electrons. The Kier molecular flexibility index (Phi) is 11.1. The predicted octanol–water partition coefficient (Wildman–Crippen LogP) is 7.54. The van der Waals surface area contributed by atoms with Crippen LogP contribution in [0.2, 0.25) is 0 Å². The first-order valence-corrected chi connectivity index (χ1v) is 17.8. The van der Waals surface area contributed by atoms with Crippen LogP contribution in [0.1, 0.15) is 48.8 Å². The van der Waals surface area contributed by atoms with Crippen molar-refractivity contribution < 1.29 is 33.3 Å². The van der Waals surface area contributed by atoms with Crippen LogP contribution in [-0.4, -0.2) is 57.4 Å². The third-order valence-electron chi connectivity index (χ3n) is 9.31. The van der Waals surface area contributed by atoms with E-state index in [2.05, 4.69) is 20.3 Å². The summed E-state index contributed by atoms with van der Waals surface area (Å²) in [5.41, 5.74) is 12.5. The maximum atomic E-state index is 12.1. The number of ether oxygens (including phenoxy) is 5. The molecule has 56 heavy (non-hydrogen) atoms. The maximum absolute atomic E-state index is 12.1. The summed E-state index contributed by atoms with van der Waals surface area (Å²) in [6.45, 7) is 2.51. The zero-order valence-corrected chi connectivity index (χ0v) is 30.8. The number of hydrogen-bond acceptors (Lipinski definition) is 12. The number of methoxy groups -OCH3 is 1. The number of fused-ring (bicyclic) bond motifs is 1. The van der Waals surface area contributed by atoms with E-state index < -0.39 is 35.9 Å². The zero-order valence-electron chi connectivity index (χ0n) is 30.8. The van der Waals surface area contributed by atoms with Gasteiger partial charge in [-0.15, -0.1) is 0 Å². The molecule has 3 atom stereocenters. The van der Waals surface area contributed by atoms with E-state index in [1.807, 2.05) is 115 Å². The van der Waals surface area contributed by atoms with E-state index in [0.717, 1.165) is 22.3 Å². The van der Waals surface area contributed by atoms with Gasteiger partial charge in [0.1, 0.15) is 42.9 Å². The molecule has 3 heterocycles. The number of rotatable bonds is 14. The number of carbonyl (C=O) groups is 2. The van der Waals surface area contributed by atoms with E-state index in [0.29, 0.717) is 5.75 Å². The molecule has 0 spiro atoms. The Hall–Kier alpha value is -6.96. The van der Waals surface area contributed by atoms with Crippen LogP contribution >= 0.6 is 0 Å². The van der Waals surface area contributed by atoms with Crippen molar-refractivity contribution in [3.05, 3.63) is 148 Å². The van der Waals surface area contributed by atoms with Crippen molar-refractivity contribution in [2.24, 2.45) is 5.11 Å². The molecule has 7 rings (SSSR count). The van der Waals surface area contributed by atoms with Crippen LogP contribution in [0.5, 0.6) is 11.6 Å². The highest BCUT2D eigenvalue weighted by Crippen LogP contribution is 2.42. The molecular formula is C41H38N8O7. The number of carbonyl (C=O) groups excluding carboxylic acids is 2. The van der Waals surface area contributed by atoms with Crippen molar-refractivity contribution in [2.45, 2.75) is 50.8 Å². The number of esters is 2. The van der Waals surface area contributed by atoms with E-state index in [1.165, 1.54) is 18.4 Å². The first-order chi connectivity index (χ1) is 27.3. The summed E-state index contributed by atoms with van der Waals surface area (Å²) < 4.78 is 30.6. The number of benzene rings is 4. The standard InChI is InChI=1S/C41H38N8O7/c1-26(50)53-25-34-33(55-27(2)51)23-35(56-34)49-37-36(43-40(49)47-48-42)38(54-24-28-13-7-4-8-14-28)45-39(44-37)46-41(29-15-9-5-10-16-29,30-17-11-6-12-18-30)31-19-21-32(52-3)22-20-31/h4-22,33-35H,23-25H2,1-3H3,(H,44,45,46)/t33-,34+,35+/m0/s1. The average molecular weight is 755 g/mol. The molecule has 4 aromatic carbocycles. The summed E-state index contributed by atoms with van der Waals surface area (Å²) in [6, 6.07) is 37.1. The molecular weight excluding hydrogens is 716 g/mol. The number of nitrogens with one attached hydrogen (secondary N) is 1. The van der Waals surface area contributed by atoms with E-state index in [1.54, 1.807) is 7.11 Å². The molecule has 0 radical (unpaired) electrons. The van der Waals surface area contributed by atoms with Crippen molar-refractivity contribution >= 4 is 35.0 Å². The number of nitrogens with zero attached hydrogens (tertiary/aromatic N) is 7. The summed E-state index contributed by atoms with van der Waals surface area (Å²) in [6.07, 6.45) is -2.47. The Labute approximate surface area is 321 Å². The molecule has 1 fully saturated rings. The largest absolute Gasteiger partial charge is 0.497 e. The molecule has 15 nitrogen and oxygen atoms in total. The molecule has 0 aliphatic carbocycles. The van der Waals surface area contributed by atoms with Gasteiger partial charge in [0.25, 0.3) is 0 Å². The van der Waals surface area contributed by atoms with Gasteiger partial charge in [0, 0.05) is 25.2 Å². The van der Waals surface area contributed by atoms with Gasteiger partial charge in [-0.05, 0) is 45.0 Å². The second-order valence-electron chi connectivity index (χ2n) is 12.9. The fraction of sp³-hybridized carbons (Fsp3) is 0.244. The van der Waals surface area contributed by atoms with Gasteiger partial charge >= 0.3 is 11.9 Å². The van der Waals surface area contributed by atoms with Crippen LogP contribution in [0.3, 0.4) is 0 Å². The lowest BCUT2D eigenvalue weighted by Gasteiger charge is -2.37. The van der Waals surface area contributed by atoms with E-state index >= 15 is 0 Å². The number of anilines is 1. The second kappa shape index (κ2) is 16.6. The van der Waals surface area contributed by atoms with E-state index in [9.17, 15) is 15.1 Å². The Balaban J connectivity index is 1.43. The summed E-state index contributed by atoms with van der Waals surface area (Å²) >= 11 is 0. The SMILES string of the molecule is COc1ccc(C(Nc2nc(OCc3ccccc3)c3nc(N=[N+]=[N-])n([C@H]4C[C@H](OC(C)=O)[C@@H](COC(C)=O)O4)c3n2)(c2ccccc2)c2ccccc2)cc1. The molecule has 0 bridgehead atoms. The highest BCUT2D eigenvalue weighted by atomic mass is 16.6. The monoisotopic (exact) mass is 754 g/mol. The Morgan fingerprint density at radius 1 is 0.875 bits per heavy atom. The molecule has 2 aromatic heterocycles. The van der Waals surface area contributed by atoms with E-state index in [4.69, 9.17) is 33.7 Å². The van der Waals surface area contributed by atoms with Gasteiger partial charge in [0.2, 0.25) is 17.8 Å². The first-order valence-electron chi connectivity index (χ1n) is 17.8. The van der Waals surface area contributed by atoms with Gasteiger partial charge in [-0.1, -0.05) is 103 Å². The number of imidazole rings is 1.